The van der Waals surface area contributed by atoms with E-state index in [0.29, 0.717) is 28.4 Å². The summed E-state index contributed by atoms with van der Waals surface area (Å²) < 4.78 is 11.6. The summed E-state index contributed by atoms with van der Waals surface area (Å²) >= 11 is 0. The smallest absolute Gasteiger partial charge is 0.321 e. The summed E-state index contributed by atoms with van der Waals surface area (Å²) in [6.07, 6.45) is 2.46. The molecule has 4 rings (SSSR count). The largest absolute Gasteiger partial charge is 0.485 e. The number of pyridine rings is 1. The number of anilines is 2. The van der Waals surface area contributed by atoms with Crippen LogP contribution < -0.4 is 15.4 Å². The SMILES string of the molecule is Cc1noc(C)c1NC(=O)N(C)C[C@@H]1Oc2c(NC(=O)c3ccncc3)cccc2C(=O)N([C@@H](C)CO)C[C@@H]1C. The summed E-state index contributed by atoms with van der Waals surface area (Å²) in [5.41, 5.74) is 2.01. The molecule has 2 aromatic heterocycles. The maximum absolute atomic E-state index is 13.6. The number of aryl methyl sites for hydroxylation is 2. The van der Waals surface area contributed by atoms with Crippen LogP contribution in [0.15, 0.2) is 47.2 Å². The molecule has 0 unspecified atom stereocenters. The lowest BCUT2D eigenvalue weighted by Gasteiger charge is -2.38. The standard InChI is InChI=1S/C28H34N6O6/c1-16-13-34(17(2)15-35)27(37)21-7-6-8-22(30-26(36)20-9-11-29-12-10-20)25(21)39-23(16)14-33(5)28(38)31-24-18(3)32-40-19(24)4/h6-12,16-17,23,35H,13-15H2,1-5H3,(H,30,36)(H,31,38)/t16-,17-,23-/m0/s1. The number of carbonyl (C=O) groups excluding carboxylic acids is 3. The van der Waals surface area contributed by atoms with Gasteiger partial charge in [0, 0.05) is 37.5 Å². The fraction of sp³-hybridized carbons (Fsp3) is 0.393. The predicted molar refractivity (Wildman–Crippen MR) is 147 cm³/mol. The molecule has 1 aliphatic heterocycles. The van der Waals surface area contributed by atoms with E-state index >= 15 is 0 Å². The van der Waals surface area contributed by atoms with Crippen molar-refractivity contribution >= 4 is 29.2 Å². The Balaban J connectivity index is 1.66. The van der Waals surface area contributed by atoms with Gasteiger partial charge in [-0.1, -0.05) is 18.1 Å². The van der Waals surface area contributed by atoms with Gasteiger partial charge in [0.15, 0.2) is 11.5 Å². The zero-order valence-electron chi connectivity index (χ0n) is 23.2. The molecule has 3 N–H and O–H groups in total. The number of nitrogens with one attached hydrogen (secondary N) is 2. The average Bonchev–Trinajstić information content (AvgIpc) is 3.27. The monoisotopic (exact) mass is 550 g/mol. The molecule has 212 valence electrons. The summed E-state index contributed by atoms with van der Waals surface area (Å²) in [7, 11) is 1.64. The van der Waals surface area contributed by atoms with Crippen LogP contribution in [0.3, 0.4) is 0 Å². The van der Waals surface area contributed by atoms with E-state index in [1.54, 1.807) is 63.1 Å². The molecule has 0 aliphatic carbocycles. The number of ether oxygens (including phenoxy) is 1. The maximum Gasteiger partial charge on any atom is 0.321 e. The molecule has 1 aromatic carbocycles. The number of hydrogen-bond donors (Lipinski definition) is 3. The third-order valence-electron chi connectivity index (χ3n) is 6.95. The van der Waals surface area contributed by atoms with Crippen LogP contribution in [0.5, 0.6) is 5.75 Å². The number of nitrogens with zero attached hydrogens (tertiary/aromatic N) is 4. The maximum atomic E-state index is 13.6. The van der Waals surface area contributed by atoms with E-state index < -0.39 is 18.1 Å². The van der Waals surface area contributed by atoms with Crippen molar-refractivity contribution < 1.29 is 28.8 Å². The first kappa shape index (κ1) is 28.6. The molecule has 0 saturated heterocycles. The van der Waals surface area contributed by atoms with Gasteiger partial charge in [0.25, 0.3) is 11.8 Å². The minimum absolute atomic E-state index is 0.165. The van der Waals surface area contributed by atoms with Crippen molar-refractivity contribution in [2.24, 2.45) is 5.92 Å². The summed E-state index contributed by atoms with van der Waals surface area (Å²) in [6.45, 7) is 7.35. The van der Waals surface area contributed by atoms with Crippen LogP contribution in [-0.4, -0.2) is 81.8 Å². The van der Waals surface area contributed by atoms with Crippen LogP contribution in [0.2, 0.25) is 0 Å². The van der Waals surface area contributed by atoms with Gasteiger partial charge in [0.1, 0.15) is 17.5 Å². The first-order chi connectivity index (χ1) is 19.1. The van der Waals surface area contributed by atoms with E-state index in [1.807, 2.05) is 6.92 Å². The van der Waals surface area contributed by atoms with Crippen LogP contribution in [0, 0.1) is 19.8 Å². The van der Waals surface area contributed by atoms with Gasteiger partial charge in [0.2, 0.25) is 0 Å². The number of benzene rings is 1. The molecular formula is C28H34N6O6. The normalized spacial score (nSPS) is 17.6. The van der Waals surface area contributed by atoms with Crippen LogP contribution in [0.25, 0.3) is 0 Å². The van der Waals surface area contributed by atoms with Gasteiger partial charge in [0.05, 0.1) is 30.4 Å². The molecule has 40 heavy (non-hydrogen) atoms. The molecule has 0 spiro atoms. The van der Waals surface area contributed by atoms with Crippen molar-refractivity contribution in [3.8, 4) is 5.75 Å². The molecule has 3 atom stereocenters. The lowest BCUT2D eigenvalue weighted by Crippen LogP contribution is -2.50. The Morgan fingerprint density at radius 3 is 2.58 bits per heavy atom. The number of urea groups is 1. The van der Waals surface area contributed by atoms with Crippen LogP contribution in [-0.2, 0) is 0 Å². The highest BCUT2D eigenvalue weighted by Crippen LogP contribution is 2.35. The van der Waals surface area contributed by atoms with E-state index in [4.69, 9.17) is 9.26 Å². The van der Waals surface area contributed by atoms with Gasteiger partial charge in [-0.15, -0.1) is 0 Å². The summed E-state index contributed by atoms with van der Waals surface area (Å²) in [5, 5.41) is 19.4. The zero-order chi connectivity index (χ0) is 29.0. The highest BCUT2D eigenvalue weighted by atomic mass is 16.5. The number of fused-ring (bicyclic) bond motifs is 1. The Bertz CT molecular complexity index is 1360. The Morgan fingerprint density at radius 2 is 1.93 bits per heavy atom. The number of aliphatic hydroxyl groups excluding tert-OH is 1. The molecular weight excluding hydrogens is 516 g/mol. The molecule has 12 nitrogen and oxygen atoms in total. The lowest BCUT2D eigenvalue weighted by molar-refractivity contribution is 0.0372. The third kappa shape index (κ3) is 6.07. The predicted octanol–water partition coefficient (Wildman–Crippen LogP) is 3.32. The molecule has 0 fully saturated rings. The molecule has 1 aliphatic rings. The van der Waals surface area contributed by atoms with Gasteiger partial charge in [-0.2, -0.15) is 0 Å². The topological polar surface area (TPSA) is 150 Å². The second-order valence-electron chi connectivity index (χ2n) is 10.0. The fourth-order valence-electron chi connectivity index (χ4n) is 4.47. The second-order valence-corrected chi connectivity index (χ2v) is 10.0. The average molecular weight is 551 g/mol. The van der Waals surface area contributed by atoms with Crippen LogP contribution >= 0.6 is 0 Å². The number of aromatic nitrogens is 2. The first-order valence-electron chi connectivity index (χ1n) is 13.0. The van der Waals surface area contributed by atoms with Crippen molar-refractivity contribution in [2.75, 3.05) is 37.4 Å². The number of para-hydroxylation sites is 1. The van der Waals surface area contributed by atoms with Crippen LogP contribution in [0.4, 0.5) is 16.2 Å². The third-order valence-corrected chi connectivity index (χ3v) is 6.95. The van der Waals surface area contributed by atoms with Gasteiger partial charge in [-0.05, 0) is 45.0 Å². The van der Waals surface area contributed by atoms with Gasteiger partial charge in [-0.25, -0.2) is 4.79 Å². The van der Waals surface area contributed by atoms with E-state index in [-0.39, 0.29) is 48.9 Å². The quantitative estimate of drug-likeness (QED) is 0.405. The lowest BCUT2D eigenvalue weighted by atomic mass is 9.99. The molecule has 3 aromatic rings. The van der Waals surface area contributed by atoms with Gasteiger partial charge >= 0.3 is 6.03 Å². The second kappa shape index (κ2) is 12.2. The molecule has 3 heterocycles. The Hall–Kier alpha value is -4.45. The van der Waals surface area contributed by atoms with Crippen molar-refractivity contribution in [2.45, 2.75) is 39.8 Å². The number of aliphatic hydroxyl groups is 1. The highest BCUT2D eigenvalue weighted by Gasteiger charge is 2.35. The number of rotatable bonds is 7. The molecule has 0 bridgehead atoms. The van der Waals surface area contributed by atoms with E-state index in [2.05, 4.69) is 20.8 Å². The van der Waals surface area contributed by atoms with Crippen molar-refractivity contribution in [1.82, 2.24) is 19.9 Å². The zero-order valence-corrected chi connectivity index (χ0v) is 23.2. The molecule has 0 radical (unpaired) electrons. The van der Waals surface area contributed by atoms with E-state index in [1.165, 1.54) is 17.3 Å². The van der Waals surface area contributed by atoms with Crippen LogP contribution in [0.1, 0.15) is 46.0 Å². The van der Waals surface area contributed by atoms with E-state index in [0.717, 1.165) is 0 Å². The van der Waals surface area contributed by atoms with E-state index in [9.17, 15) is 19.5 Å². The Morgan fingerprint density at radius 1 is 1.20 bits per heavy atom. The first-order valence-corrected chi connectivity index (χ1v) is 13.0. The minimum Gasteiger partial charge on any atom is -0.485 e. The summed E-state index contributed by atoms with van der Waals surface area (Å²) in [5.74, 6) is -0.280. The van der Waals surface area contributed by atoms with Crippen molar-refractivity contribution in [3.05, 3.63) is 65.3 Å². The Kier molecular flexibility index (Phi) is 8.68. The molecule has 0 saturated carbocycles. The highest BCUT2D eigenvalue weighted by molar-refractivity contribution is 6.07. The number of hydrogen-bond acceptors (Lipinski definition) is 8. The number of amides is 4. The molecule has 4 amide bonds. The number of carbonyl (C=O) groups is 3. The minimum atomic E-state index is -0.570. The molecule has 12 heteroatoms. The van der Waals surface area contributed by atoms with Crippen molar-refractivity contribution in [1.29, 1.82) is 0 Å². The summed E-state index contributed by atoms with van der Waals surface area (Å²) in [4.78, 5) is 46.7. The Labute approximate surface area is 232 Å². The van der Waals surface area contributed by atoms with Gasteiger partial charge < -0.3 is 34.8 Å². The van der Waals surface area contributed by atoms with Crippen molar-refractivity contribution in [3.63, 3.8) is 0 Å². The number of likely N-dealkylation sites (N-methyl/N-ethyl adjacent to an activating group) is 1. The summed E-state index contributed by atoms with van der Waals surface area (Å²) in [6, 6.07) is 7.25. The fourth-order valence-corrected chi connectivity index (χ4v) is 4.47. The van der Waals surface area contributed by atoms with Gasteiger partial charge in [-0.3, -0.25) is 14.6 Å².